The highest BCUT2D eigenvalue weighted by atomic mass is 19.4. The third kappa shape index (κ3) is 3.82. The Hall–Kier alpha value is -2.09. The Balaban J connectivity index is 2.12. The summed E-state index contributed by atoms with van der Waals surface area (Å²) in [6.45, 7) is -0.869. The van der Waals surface area contributed by atoms with Gasteiger partial charge in [0, 0.05) is 13.1 Å². The first-order chi connectivity index (χ1) is 10.7. The second-order valence-electron chi connectivity index (χ2n) is 5.60. The van der Waals surface area contributed by atoms with Gasteiger partial charge in [0.15, 0.2) is 5.41 Å². The standard InChI is InChI=1S/C15H17F3N2O3/c16-15(17,18)14(13(23)19-8-12(21)22)6-7-20(10-14)9-11-4-2-1-3-5-11/h1-5H,6-10H2,(H,19,23)(H,21,22)/t14-/m0/s1. The average Bonchev–Trinajstić information content (AvgIpc) is 2.91. The van der Waals surface area contributed by atoms with E-state index >= 15 is 0 Å². The number of alkyl halides is 3. The van der Waals surface area contributed by atoms with Crippen molar-refractivity contribution in [3.8, 4) is 0 Å². The number of hydrogen-bond donors (Lipinski definition) is 2. The Labute approximate surface area is 131 Å². The quantitative estimate of drug-likeness (QED) is 0.861. The Kier molecular flexibility index (Phi) is 4.93. The lowest BCUT2D eigenvalue weighted by atomic mass is 9.85. The van der Waals surface area contributed by atoms with E-state index in [4.69, 9.17) is 5.11 Å². The molecule has 0 spiro atoms. The van der Waals surface area contributed by atoms with Crippen LogP contribution in [-0.2, 0) is 16.1 Å². The number of nitrogens with one attached hydrogen (secondary N) is 1. The smallest absolute Gasteiger partial charge is 0.404 e. The summed E-state index contributed by atoms with van der Waals surface area (Å²) in [4.78, 5) is 24.0. The number of carbonyl (C=O) groups excluding carboxylic acids is 1. The molecule has 0 unspecified atom stereocenters. The molecule has 8 heteroatoms. The van der Waals surface area contributed by atoms with Crippen LogP contribution in [-0.4, -0.2) is 47.7 Å². The monoisotopic (exact) mass is 330 g/mol. The van der Waals surface area contributed by atoms with Gasteiger partial charge in [-0.25, -0.2) is 0 Å². The molecule has 0 aliphatic carbocycles. The first kappa shape index (κ1) is 17.3. The summed E-state index contributed by atoms with van der Waals surface area (Å²) >= 11 is 0. The first-order valence-electron chi connectivity index (χ1n) is 7.08. The number of amides is 1. The van der Waals surface area contributed by atoms with Gasteiger partial charge in [-0.05, 0) is 18.5 Å². The molecule has 0 aromatic heterocycles. The molecular weight excluding hydrogens is 313 g/mol. The Morgan fingerprint density at radius 1 is 1.26 bits per heavy atom. The maximum absolute atomic E-state index is 13.5. The molecule has 0 bridgehead atoms. The van der Waals surface area contributed by atoms with E-state index in [0.717, 1.165) is 5.56 Å². The number of benzene rings is 1. The first-order valence-corrected chi connectivity index (χ1v) is 7.08. The van der Waals surface area contributed by atoms with E-state index in [1.54, 1.807) is 29.2 Å². The number of halogens is 3. The number of nitrogens with zero attached hydrogens (tertiary/aromatic N) is 1. The van der Waals surface area contributed by atoms with E-state index < -0.39 is 36.6 Å². The Morgan fingerprint density at radius 3 is 2.48 bits per heavy atom. The van der Waals surface area contributed by atoms with Crippen LogP contribution in [0.5, 0.6) is 0 Å². The molecule has 1 fully saturated rings. The summed E-state index contributed by atoms with van der Waals surface area (Å²) < 4.78 is 40.4. The van der Waals surface area contributed by atoms with Gasteiger partial charge in [-0.1, -0.05) is 30.3 Å². The van der Waals surface area contributed by atoms with Crippen molar-refractivity contribution in [1.29, 1.82) is 0 Å². The molecule has 23 heavy (non-hydrogen) atoms. The van der Waals surface area contributed by atoms with E-state index in [1.165, 1.54) is 0 Å². The number of likely N-dealkylation sites (tertiary alicyclic amines) is 1. The van der Waals surface area contributed by atoms with Gasteiger partial charge in [-0.3, -0.25) is 14.5 Å². The summed E-state index contributed by atoms with van der Waals surface area (Å²) in [7, 11) is 0. The van der Waals surface area contributed by atoms with Gasteiger partial charge in [-0.2, -0.15) is 13.2 Å². The summed E-state index contributed by atoms with van der Waals surface area (Å²) in [5, 5.41) is 10.4. The summed E-state index contributed by atoms with van der Waals surface area (Å²) in [5.41, 5.74) is -1.70. The number of hydrogen-bond acceptors (Lipinski definition) is 3. The van der Waals surface area contributed by atoms with Crippen LogP contribution in [0, 0.1) is 5.41 Å². The predicted octanol–water partition coefficient (Wildman–Crippen LogP) is 1.64. The summed E-state index contributed by atoms with van der Waals surface area (Å²) in [6.07, 6.45) is -5.12. The summed E-state index contributed by atoms with van der Waals surface area (Å²) in [5.74, 6) is -2.65. The molecule has 2 N–H and O–H groups in total. The second-order valence-corrected chi connectivity index (χ2v) is 5.60. The zero-order chi connectivity index (χ0) is 17.1. The van der Waals surface area contributed by atoms with Gasteiger partial charge >= 0.3 is 12.1 Å². The van der Waals surface area contributed by atoms with Crippen molar-refractivity contribution in [2.45, 2.75) is 19.1 Å². The number of aliphatic carboxylic acids is 1. The highest BCUT2D eigenvalue weighted by Crippen LogP contribution is 2.46. The van der Waals surface area contributed by atoms with Crippen LogP contribution in [0.1, 0.15) is 12.0 Å². The van der Waals surface area contributed by atoms with Crippen molar-refractivity contribution >= 4 is 11.9 Å². The molecule has 1 aliphatic heterocycles. The van der Waals surface area contributed by atoms with Crippen molar-refractivity contribution in [2.24, 2.45) is 5.41 Å². The Morgan fingerprint density at radius 2 is 1.91 bits per heavy atom. The van der Waals surface area contributed by atoms with Crippen molar-refractivity contribution in [2.75, 3.05) is 19.6 Å². The van der Waals surface area contributed by atoms with Crippen LogP contribution in [0.3, 0.4) is 0 Å². The van der Waals surface area contributed by atoms with Crippen LogP contribution >= 0.6 is 0 Å². The van der Waals surface area contributed by atoms with E-state index in [9.17, 15) is 22.8 Å². The number of carboxylic acid groups (broad SMARTS) is 1. The maximum Gasteiger partial charge on any atom is 0.404 e. The highest BCUT2D eigenvalue weighted by Gasteiger charge is 2.62. The SMILES string of the molecule is O=C(O)CNC(=O)[C@]1(C(F)(F)F)CCN(Cc2ccccc2)C1. The average molecular weight is 330 g/mol. The molecule has 1 aliphatic rings. The largest absolute Gasteiger partial charge is 0.480 e. The second kappa shape index (κ2) is 6.57. The normalized spacial score (nSPS) is 22.0. The van der Waals surface area contributed by atoms with Gasteiger partial charge < -0.3 is 10.4 Å². The van der Waals surface area contributed by atoms with Crippen LogP contribution in [0.25, 0.3) is 0 Å². The minimum Gasteiger partial charge on any atom is -0.480 e. The van der Waals surface area contributed by atoms with E-state index in [1.807, 2.05) is 11.4 Å². The van der Waals surface area contributed by atoms with Gasteiger partial charge in [0.2, 0.25) is 5.91 Å². The number of carbonyl (C=O) groups is 2. The summed E-state index contributed by atoms with van der Waals surface area (Å²) in [6, 6.07) is 9.01. The van der Waals surface area contributed by atoms with Crippen molar-refractivity contribution < 1.29 is 27.9 Å². The lowest BCUT2D eigenvalue weighted by Gasteiger charge is -2.30. The zero-order valence-corrected chi connectivity index (χ0v) is 12.3. The molecule has 0 radical (unpaired) electrons. The fourth-order valence-corrected chi connectivity index (χ4v) is 2.74. The molecule has 1 heterocycles. The third-order valence-corrected chi connectivity index (χ3v) is 3.97. The fraction of sp³-hybridized carbons (Fsp3) is 0.467. The number of rotatable bonds is 5. The molecule has 2 rings (SSSR count). The van der Waals surface area contributed by atoms with E-state index in [2.05, 4.69) is 0 Å². The van der Waals surface area contributed by atoms with Crippen molar-refractivity contribution in [3.05, 3.63) is 35.9 Å². The topological polar surface area (TPSA) is 69.6 Å². The highest BCUT2D eigenvalue weighted by molar-refractivity contribution is 5.87. The van der Waals surface area contributed by atoms with Gasteiger partial charge in [0.05, 0.1) is 0 Å². The van der Waals surface area contributed by atoms with Gasteiger partial charge in [0.1, 0.15) is 6.54 Å². The molecular formula is C15H17F3N2O3. The van der Waals surface area contributed by atoms with Crippen LogP contribution in [0.4, 0.5) is 13.2 Å². The van der Waals surface area contributed by atoms with Crippen molar-refractivity contribution in [1.82, 2.24) is 10.2 Å². The molecule has 1 amide bonds. The van der Waals surface area contributed by atoms with Crippen molar-refractivity contribution in [3.63, 3.8) is 0 Å². The van der Waals surface area contributed by atoms with Gasteiger partial charge in [-0.15, -0.1) is 0 Å². The fourth-order valence-electron chi connectivity index (χ4n) is 2.74. The minimum atomic E-state index is -4.74. The van der Waals surface area contributed by atoms with Crippen LogP contribution in [0.15, 0.2) is 30.3 Å². The van der Waals surface area contributed by atoms with Gasteiger partial charge in [0.25, 0.3) is 0 Å². The van der Waals surface area contributed by atoms with Crippen LogP contribution in [0.2, 0.25) is 0 Å². The third-order valence-electron chi connectivity index (χ3n) is 3.97. The molecule has 1 atom stereocenters. The maximum atomic E-state index is 13.5. The van der Waals surface area contributed by atoms with Crippen LogP contribution < -0.4 is 5.32 Å². The molecule has 1 aromatic rings. The Bertz CT molecular complexity index is 577. The van der Waals surface area contributed by atoms with E-state index in [0.29, 0.717) is 6.54 Å². The molecule has 0 saturated carbocycles. The molecule has 1 aromatic carbocycles. The lowest BCUT2D eigenvalue weighted by Crippen LogP contribution is -2.53. The zero-order valence-electron chi connectivity index (χ0n) is 12.3. The molecule has 126 valence electrons. The number of carboxylic acids is 1. The minimum absolute atomic E-state index is 0.120. The van der Waals surface area contributed by atoms with E-state index in [-0.39, 0.29) is 13.0 Å². The molecule has 1 saturated heterocycles. The lowest BCUT2D eigenvalue weighted by molar-refractivity contribution is -0.218. The molecule has 5 nitrogen and oxygen atoms in total. The predicted molar refractivity (Wildman–Crippen MR) is 75.5 cm³/mol.